The number of nitrogens with zero attached hydrogens (tertiary/aromatic N) is 3. The molecular formula is C17H22N6O. The second-order valence-electron chi connectivity index (χ2n) is 5.70. The summed E-state index contributed by atoms with van der Waals surface area (Å²) in [4.78, 5) is 11.7. The number of aromatic nitrogens is 3. The molecule has 0 fully saturated rings. The molecule has 7 heteroatoms. The number of fused-ring (bicyclic) bond motifs is 1. The maximum absolute atomic E-state index is 4.94. The Kier molecular flexibility index (Phi) is 4.79. The monoisotopic (exact) mass is 326 g/mol. The molecule has 0 aliphatic heterocycles. The van der Waals surface area contributed by atoms with Gasteiger partial charge in [0.25, 0.3) is 0 Å². The third-order valence-electron chi connectivity index (χ3n) is 3.82. The Hall–Kier alpha value is -2.83. The zero-order chi connectivity index (χ0) is 16.9. The molecule has 3 rings (SSSR count). The Morgan fingerprint density at radius 3 is 2.92 bits per heavy atom. The Labute approximate surface area is 140 Å². The number of aryl methyl sites for hydroxylation is 2. The molecule has 0 aliphatic carbocycles. The van der Waals surface area contributed by atoms with Gasteiger partial charge < -0.3 is 20.1 Å². The number of aromatic amines is 1. The molecule has 0 amide bonds. The van der Waals surface area contributed by atoms with Crippen LogP contribution in [0.25, 0.3) is 10.9 Å². The van der Waals surface area contributed by atoms with E-state index in [9.17, 15) is 0 Å². The van der Waals surface area contributed by atoms with Gasteiger partial charge in [0.1, 0.15) is 0 Å². The summed E-state index contributed by atoms with van der Waals surface area (Å²) in [6.45, 7) is 5.13. The molecule has 126 valence electrons. The minimum absolute atomic E-state index is 0.476. The molecule has 2 heterocycles. The van der Waals surface area contributed by atoms with E-state index in [0.29, 0.717) is 24.2 Å². The quantitative estimate of drug-likeness (QED) is 0.493. The Bertz CT molecular complexity index is 848. The molecule has 0 radical (unpaired) electrons. The van der Waals surface area contributed by atoms with Crippen molar-refractivity contribution < 1.29 is 4.52 Å². The van der Waals surface area contributed by atoms with Gasteiger partial charge in [-0.25, -0.2) is 0 Å². The highest BCUT2D eigenvalue weighted by Crippen LogP contribution is 2.19. The molecule has 3 N–H and O–H groups in total. The van der Waals surface area contributed by atoms with Gasteiger partial charge >= 0.3 is 0 Å². The Morgan fingerprint density at radius 2 is 2.17 bits per heavy atom. The van der Waals surface area contributed by atoms with Crippen molar-refractivity contribution in [2.75, 3.05) is 13.6 Å². The number of guanidine groups is 1. The van der Waals surface area contributed by atoms with E-state index in [1.54, 1.807) is 14.0 Å². The van der Waals surface area contributed by atoms with Gasteiger partial charge in [0.05, 0.1) is 6.54 Å². The van der Waals surface area contributed by atoms with Crippen molar-refractivity contribution in [3.05, 3.63) is 47.2 Å². The fourth-order valence-corrected chi connectivity index (χ4v) is 2.62. The van der Waals surface area contributed by atoms with Crippen molar-refractivity contribution in [1.82, 2.24) is 25.8 Å². The first-order chi connectivity index (χ1) is 11.7. The summed E-state index contributed by atoms with van der Waals surface area (Å²) < 4.78 is 4.94. The Balaban J connectivity index is 1.52. The normalized spacial score (nSPS) is 11.9. The molecule has 0 saturated heterocycles. The second-order valence-corrected chi connectivity index (χ2v) is 5.70. The van der Waals surface area contributed by atoms with Crippen LogP contribution in [0.5, 0.6) is 0 Å². The highest BCUT2D eigenvalue weighted by atomic mass is 16.5. The standard InChI is InChI=1S/C17H22N6O/c1-11-4-5-14-13(9-20-15(14)8-11)6-7-19-17(18-3)21-10-16-22-12(2)24-23-16/h4-5,8-9,20H,6-7,10H2,1-3H3,(H2,18,19,21). The lowest BCUT2D eigenvalue weighted by Gasteiger charge is -2.10. The van der Waals surface area contributed by atoms with Crippen LogP contribution in [0.2, 0.25) is 0 Å². The number of aliphatic imine (C=N–C) groups is 1. The number of benzene rings is 1. The van der Waals surface area contributed by atoms with E-state index in [-0.39, 0.29) is 0 Å². The van der Waals surface area contributed by atoms with Gasteiger partial charge in [0.2, 0.25) is 5.89 Å². The summed E-state index contributed by atoms with van der Waals surface area (Å²) in [5.41, 5.74) is 3.73. The van der Waals surface area contributed by atoms with E-state index in [4.69, 9.17) is 4.52 Å². The van der Waals surface area contributed by atoms with Gasteiger partial charge in [0, 0.05) is 37.6 Å². The van der Waals surface area contributed by atoms with E-state index < -0.39 is 0 Å². The molecule has 2 aromatic heterocycles. The molecule has 7 nitrogen and oxygen atoms in total. The number of H-pyrrole nitrogens is 1. The van der Waals surface area contributed by atoms with Crippen LogP contribution in [-0.2, 0) is 13.0 Å². The highest BCUT2D eigenvalue weighted by Gasteiger charge is 2.06. The second kappa shape index (κ2) is 7.16. The van der Waals surface area contributed by atoms with E-state index in [1.165, 1.54) is 22.0 Å². The summed E-state index contributed by atoms with van der Waals surface area (Å²) in [6.07, 6.45) is 2.98. The fourth-order valence-electron chi connectivity index (χ4n) is 2.62. The zero-order valence-electron chi connectivity index (χ0n) is 14.2. The van der Waals surface area contributed by atoms with Crippen LogP contribution in [0, 0.1) is 13.8 Å². The summed E-state index contributed by atoms with van der Waals surface area (Å²) in [7, 11) is 1.74. The molecular weight excluding hydrogens is 304 g/mol. The van der Waals surface area contributed by atoms with Crippen molar-refractivity contribution in [2.24, 2.45) is 4.99 Å². The maximum Gasteiger partial charge on any atom is 0.223 e. The van der Waals surface area contributed by atoms with E-state index >= 15 is 0 Å². The zero-order valence-corrected chi connectivity index (χ0v) is 14.2. The molecule has 1 aromatic carbocycles. The highest BCUT2D eigenvalue weighted by molar-refractivity contribution is 5.84. The van der Waals surface area contributed by atoms with Gasteiger partial charge in [-0.1, -0.05) is 17.3 Å². The van der Waals surface area contributed by atoms with Crippen molar-refractivity contribution in [3.8, 4) is 0 Å². The number of hydrogen-bond donors (Lipinski definition) is 3. The third-order valence-corrected chi connectivity index (χ3v) is 3.82. The average Bonchev–Trinajstić information content (AvgIpc) is 3.16. The minimum Gasteiger partial charge on any atom is -0.361 e. The van der Waals surface area contributed by atoms with Crippen molar-refractivity contribution >= 4 is 16.9 Å². The van der Waals surface area contributed by atoms with Crippen LogP contribution >= 0.6 is 0 Å². The molecule has 0 aliphatic rings. The smallest absolute Gasteiger partial charge is 0.223 e. The summed E-state index contributed by atoms with van der Waals surface area (Å²) in [5, 5.41) is 11.6. The molecule has 0 saturated carbocycles. The first-order valence-electron chi connectivity index (χ1n) is 7.96. The topological polar surface area (TPSA) is 91.1 Å². The average molecular weight is 326 g/mol. The Morgan fingerprint density at radius 1 is 1.29 bits per heavy atom. The molecule has 24 heavy (non-hydrogen) atoms. The number of rotatable bonds is 5. The molecule has 0 spiro atoms. The molecule has 3 aromatic rings. The van der Waals surface area contributed by atoms with Crippen molar-refractivity contribution in [1.29, 1.82) is 0 Å². The summed E-state index contributed by atoms with van der Waals surface area (Å²) in [6, 6.07) is 6.47. The van der Waals surface area contributed by atoms with E-state index in [0.717, 1.165) is 13.0 Å². The summed E-state index contributed by atoms with van der Waals surface area (Å²) >= 11 is 0. The van der Waals surface area contributed by atoms with E-state index in [2.05, 4.69) is 62.1 Å². The van der Waals surface area contributed by atoms with Gasteiger partial charge in [-0.15, -0.1) is 0 Å². The SMILES string of the molecule is CN=C(NCCc1c[nH]c2cc(C)ccc12)NCc1noc(C)n1. The fraction of sp³-hybridized carbons (Fsp3) is 0.353. The lowest BCUT2D eigenvalue weighted by atomic mass is 10.1. The lowest BCUT2D eigenvalue weighted by molar-refractivity contribution is 0.387. The first-order valence-corrected chi connectivity index (χ1v) is 7.96. The minimum atomic E-state index is 0.476. The summed E-state index contributed by atoms with van der Waals surface area (Å²) in [5.74, 6) is 1.89. The maximum atomic E-state index is 4.94. The van der Waals surface area contributed by atoms with Crippen LogP contribution in [0.3, 0.4) is 0 Å². The van der Waals surface area contributed by atoms with Crippen LogP contribution < -0.4 is 10.6 Å². The number of hydrogen-bond acceptors (Lipinski definition) is 4. The van der Waals surface area contributed by atoms with Crippen LogP contribution in [0.4, 0.5) is 0 Å². The molecule has 0 atom stereocenters. The van der Waals surface area contributed by atoms with Crippen LogP contribution in [0.15, 0.2) is 33.9 Å². The van der Waals surface area contributed by atoms with Gasteiger partial charge in [-0.2, -0.15) is 4.98 Å². The largest absolute Gasteiger partial charge is 0.361 e. The van der Waals surface area contributed by atoms with Crippen molar-refractivity contribution in [3.63, 3.8) is 0 Å². The van der Waals surface area contributed by atoms with Crippen LogP contribution in [0.1, 0.15) is 22.8 Å². The first kappa shape index (κ1) is 16.0. The lowest BCUT2D eigenvalue weighted by Crippen LogP contribution is -2.38. The third kappa shape index (κ3) is 3.73. The predicted octanol–water partition coefficient (Wildman–Crippen LogP) is 2.08. The van der Waals surface area contributed by atoms with E-state index in [1.807, 2.05) is 0 Å². The predicted molar refractivity (Wildman–Crippen MR) is 94.0 cm³/mol. The van der Waals surface area contributed by atoms with Gasteiger partial charge in [-0.05, 0) is 30.5 Å². The van der Waals surface area contributed by atoms with Crippen molar-refractivity contribution in [2.45, 2.75) is 26.8 Å². The van der Waals surface area contributed by atoms with Gasteiger partial charge in [-0.3, -0.25) is 4.99 Å². The molecule has 0 bridgehead atoms. The van der Waals surface area contributed by atoms with Crippen LogP contribution in [-0.4, -0.2) is 34.7 Å². The number of nitrogens with one attached hydrogen (secondary N) is 3. The van der Waals surface area contributed by atoms with Gasteiger partial charge in [0.15, 0.2) is 11.8 Å². The molecule has 0 unspecified atom stereocenters.